The summed E-state index contributed by atoms with van der Waals surface area (Å²) >= 11 is 0. The molecule has 1 aliphatic heterocycles. The summed E-state index contributed by atoms with van der Waals surface area (Å²) < 4.78 is 10.2. The van der Waals surface area contributed by atoms with Crippen molar-refractivity contribution in [1.82, 2.24) is 25.3 Å². The molecule has 0 unspecified atom stereocenters. The largest absolute Gasteiger partial charge is 0.382 e. The number of fused-ring (bicyclic) bond motifs is 1. The lowest BCUT2D eigenvalue weighted by atomic mass is 10.2. The standard InChI is InChI=1S/C20H25N7O3.4H2/c1-29-8-9-30-12-17(28)23-13-6-7-27(11-13)16-10-22-19(21)18(26-16)20-24-14-4-2-3-5-15(14)25-20;;;;/h2-5,10,13H,6-9,11-12H2,1H3,(H2,21,22)(H,23,28)(H,24,25);4*1H/t13-;;;;/m0..../s1. The second kappa shape index (κ2) is 9.06. The summed E-state index contributed by atoms with van der Waals surface area (Å²) in [7, 11) is 1.59. The minimum Gasteiger partial charge on any atom is -0.382 e. The molecule has 4 N–H and O–H groups in total. The van der Waals surface area contributed by atoms with E-state index in [0.717, 1.165) is 24.0 Å². The van der Waals surface area contributed by atoms with E-state index in [4.69, 9.17) is 20.2 Å². The third-order valence-corrected chi connectivity index (χ3v) is 4.94. The van der Waals surface area contributed by atoms with Gasteiger partial charge in [0.15, 0.2) is 17.3 Å². The Morgan fingerprint density at radius 2 is 2.23 bits per heavy atom. The van der Waals surface area contributed by atoms with Gasteiger partial charge in [0, 0.05) is 31.9 Å². The van der Waals surface area contributed by atoms with E-state index in [-0.39, 0.29) is 24.3 Å². The number of anilines is 2. The maximum Gasteiger partial charge on any atom is 0.246 e. The molecule has 4 rings (SSSR count). The second-order valence-electron chi connectivity index (χ2n) is 7.11. The lowest BCUT2D eigenvalue weighted by Gasteiger charge is -2.18. The number of nitrogens with two attached hydrogens (primary N) is 1. The molecule has 3 heterocycles. The highest BCUT2D eigenvalue weighted by molar-refractivity contribution is 5.80. The van der Waals surface area contributed by atoms with E-state index >= 15 is 0 Å². The van der Waals surface area contributed by atoms with E-state index in [1.165, 1.54) is 0 Å². The van der Waals surface area contributed by atoms with Crippen molar-refractivity contribution in [2.75, 3.05) is 50.7 Å². The second-order valence-corrected chi connectivity index (χ2v) is 7.11. The van der Waals surface area contributed by atoms with Crippen LogP contribution in [0.5, 0.6) is 0 Å². The fourth-order valence-corrected chi connectivity index (χ4v) is 3.44. The predicted octanol–water partition coefficient (Wildman–Crippen LogP) is 1.94. The maximum absolute atomic E-state index is 12.0. The Morgan fingerprint density at radius 1 is 1.37 bits per heavy atom. The summed E-state index contributed by atoms with van der Waals surface area (Å²) in [5.41, 5.74) is 8.34. The molecule has 0 radical (unpaired) electrons. The molecule has 1 aliphatic rings. The molecule has 2 aromatic heterocycles. The van der Waals surface area contributed by atoms with Crippen LogP contribution < -0.4 is 16.0 Å². The van der Waals surface area contributed by atoms with Gasteiger partial charge in [-0.15, -0.1) is 0 Å². The Kier molecular flexibility index (Phi) is 6.05. The molecule has 0 spiro atoms. The molecule has 10 heteroatoms. The first-order valence-corrected chi connectivity index (χ1v) is 9.82. The van der Waals surface area contributed by atoms with Gasteiger partial charge < -0.3 is 30.4 Å². The summed E-state index contributed by atoms with van der Waals surface area (Å²) in [6, 6.07) is 7.77. The van der Waals surface area contributed by atoms with Gasteiger partial charge in [-0.05, 0) is 18.6 Å². The van der Waals surface area contributed by atoms with Crippen molar-refractivity contribution in [3.05, 3.63) is 30.5 Å². The van der Waals surface area contributed by atoms with E-state index in [0.29, 0.717) is 42.9 Å². The zero-order valence-corrected chi connectivity index (χ0v) is 16.8. The van der Waals surface area contributed by atoms with Gasteiger partial charge in [-0.2, -0.15) is 0 Å². The minimum absolute atomic E-state index is 0. The topological polar surface area (TPSA) is 131 Å². The zero-order chi connectivity index (χ0) is 20.9. The molecule has 1 saturated heterocycles. The number of nitrogens with one attached hydrogen (secondary N) is 2. The van der Waals surface area contributed by atoms with Crippen LogP contribution in [0, 0.1) is 0 Å². The molecule has 1 amide bonds. The summed E-state index contributed by atoms with van der Waals surface area (Å²) in [6.45, 7) is 2.29. The van der Waals surface area contributed by atoms with Gasteiger partial charge >= 0.3 is 0 Å². The van der Waals surface area contributed by atoms with Crippen LogP contribution in [0.2, 0.25) is 0 Å². The number of H-pyrrole nitrogens is 1. The first-order chi connectivity index (χ1) is 14.6. The predicted molar refractivity (Wildman–Crippen MR) is 121 cm³/mol. The summed E-state index contributed by atoms with van der Waals surface area (Å²) in [6.07, 6.45) is 2.47. The average Bonchev–Trinajstić information content (AvgIpc) is 3.38. The molecule has 1 aromatic carbocycles. The first-order valence-electron chi connectivity index (χ1n) is 9.82. The van der Waals surface area contributed by atoms with Crippen LogP contribution in [-0.4, -0.2) is 71.9 Å². The van der Waals surface area contributed by atoms with E-state index in [1.54, 1.807) is 13.3 Å². The molecule has 3 aromatic rings. The number of carbonyl (C=O) groups excluding carboxylic acids is 1. The minimum atomic E-state index is -0.135. The monoisotopic (exact) mass is 419 g/mol. The Hall–Kier alpha value is -3.24. The zero-order valence-electron chi connectivity index (χ0n) is 16.8. The molecule has 1 atom stereocenters. The van der Waals surface area contributed by atoms with E-state index in [2.05, 4.69) is 25.2 Å². The Morgan fingerprint density at radius 3 is 3.07 bits per heavy atom. The van der Waals surface area contributed by atoms with Crippen LogP contribution in [0.25, 0.3) is 22.6 Å². The summed E-state index contributed by atoms with van der Waals surface area (Å²) in [4.78, 5) is 30.9. The smallest absolute Gasteiger partial charge is 0.246 e. The molecule has 0 bridgehead atoms. The Bertz CT molecular complexity index is 1010. The maximum atomic E-state index is 12.0. The van der Waals surface area contributed by atoms with Crippen molar-refractivity contribution < 1.29 is 20.0 Å². The number of aromatic nitrogens is 4. The van der Waals surface area contributed by atoms with Crippen LogP contribution in [-0.2, 0) is 14.3 Å². The van der Waals surface area contributed by atoms with Crippen LogP contribution in [0.3, 0.4) is 0 Å². The number of hydrogen-bond donors (Lipinski definition) is 3. The van der Waals surface area contributed by atoms with E-state index in [9.17, 15) is 4.79 Å². The van der Waals surface area contributed by atoms with E-state index in [1.807, 2.05) is 24.3 Å². The number of ether oxygens (including phenoxy) is 2. The van der Waals surface area contributed by atoms with Gasteiger partial charge in [0.2, 0.25) is 5.91 Å². The number of hydrogen-bond acceptors (Lipinski definition) is 8. The number of methoxy groups -OCH3 is 1. The van der Waals surface area contributed by atoms with Crippen molar-refractivity contribution in [3.8, 4) is 11.5 Å². The number of para-hydroxylation sites is 2. The van der Waals surface area contributed by atoms with Crippen LogP contribution in [0.4, 0.5) is 11.6 Å². The Labute approximate surface area is 179 Å². The number of nitrogen functional groups attached to an aromatic ring is 1. The van der Waals surface area contributed by atoms with Gasteiger partial charge in [0.25, 0.3) is 0 Å². The molecular weight excluding hydrogens is 386 g/mol. The third-order valence-electron chi connectivity index (χ3n) is 4.94. The SMILES string of the molecule is COCCOCC(=O)N[C@H]1CCN(c2cnc(N)c(-c3nc4ccccc4[nH]3)n2)C1.[HH].[HH].[HH].[HH]. The number of aromatic amines is 1. The average molecular weight is 420 g/mol. The van der Waals surface area contributed by atoms with Crippen LogP contribution >= 0.6 is 0 Å². The van der Waals surface area contributed by atoms with Crippen molar-refractivity contribution in [2.45, 2.75) is 12.5 Å². The van der Waals surface area contributed by atoms with Crippen molar-refractivity contribution in [3.63, 3.8) is 0 Å². The normalized spacial score (nSPS) is 16.3. The quantitative estimate of drug-likeness (QED) is 0.472. The van der Waals surface area contributed by atoms with Gasteiger partial charge in [-0.3, -0.25) is 4.79 Å². The number of amides is 1. The number of benzene rings is 1. The fraction of sp³-hybridized carbons (Fsp3) is 0.400. The molecule has 0 saturated carbocycles. The van der Waals surface area contributed by atoms with Crippen molar-refractivity contribution in [1.29, 1.82) is 0 Å². The first kappa shape index (κ1) is 20.0. The van der Waals surface area contributed by atoms with Crippen molar-refractivity contribution >= 4 is 28.6 Å². The molecule has 1 fully saturated rings. The molecule has 166 valence electrons. The lowest BCUT2D eigenvalue weighted by Crippen LogP contribution is -2.39. The van der Waals surface area contributed by atoms with Gasteiger partial charge in [0.1, 0.15) is 12.4 Å². The molecular formula is C20H33N7O3. The number of rotatable bonds is 8. The molecule has 30 heavy (non-hydrogen) atoms. The fourth-order valence-electron chi connectivity index (χ4n) is 3.44. The molecule has 10 nitrogen and oxygen atoms in total. The highest BCUT2D eigenvalue weighted by Crippen LogP contribution is 2.26. The van der Waals surface area contributed by atoms with E-state index < -0.39 is 0 Å². The Balaban J connectivity index is 0.00000272. The summed E-state index contributed by atoms with van der Waals surface area (Å²) in [5, 5.41) is 2.99. The molecule has 0 aliphatic carbocycles. The number of carbonyl (C=O) groups is 1. The van der Waals surface area contributed by atoms with Crippen LogP contribution in [0.15, 0.2) is 30.5 Å². The lowest BCUT2D eigenvalue weighted by molar-refractivity contribution is -0.126. The van der Waals surface area contributed by atoms with Gasteiger partial charge in [-0.25, -0.2) is 15.0 Å². The van der Waals surface area contributed by atoms with Crippen molar-refractivity contribution in [2.24, 2.45) is 0 Å². The third kappa shape index (κ3) is 4.50. The highest BCUT2D eigenvalue weighted by atomic mass is 16.5. The summed E-state index contributed by atoms with van der Waals surface area (Å²) in [5.74, 6) is 1.47. The highest BCUT2D eigenvalue weighted by Gasteiger charge is 2.26. The van der Waals surface area contributed by atoms with Gasteiger partial charge in [0.05, 0.1) is 30.4 Å². The van der Waals surface area contributed by atoms with Gasteiger partial charge in [-0.1, -0.05) is 12.1 Å². The van der Waals surface area contributed by atoms with Crippen LogP contribution in [0.1, 0.15) is 12.1 Å². The number of imidazole rings is 1. The number of nitrogens with zero attached hydrogens (tertiary/aromatic N) is 4.